The second-order valence-electron chi connectivity index (χ2n) is 3.78. The quantitative estimate of drug-likeness (QED) is 0.748. The highest BCUT2D eigenvalue weighted by Crippen LogP contribution is 2.16. The summed E-state index contributed by atoms with van der Waals surface area (Å²) < 4.78 is 27.3. The lowest BCUT2D eigenvalue weighted by atomic mass is 10.1. The summed E-state index contributed by atoms with van der Waals surface area (Å²) in [6.45, 7) is 0.809. The third-order valence-corrected chi connectivity index (χ3v) is 3.18. The van der Waals surface area contributed by atoms with Gasteiger partial charge in [0.2, 0.25) is 0 Å². The molecule has 1 aromatic rings. The Morgan fingerprint density at radius 2 is 2.38 bits per heavy atom. The SMILES string of the molecule is NS(=O)(=O)c1n[nH]c(CCC2CCCO2)n1. The van der Waals surface area contributed by atoms with E-state index in [9.17, 15) is 8.42 Å². The number of aryl methyl sites for hydroxylation is 1. The molecule has 0 amide bonds. The zero-order valence-electron chi connectivity index (χ0n) is 8.72. The minimum atomic E-state index is -3.80. The first-order valence-corrected chi connectivity index (χ1v) is 6.66. The number of sulfonamides is 1. The first kappa shape index (κ1) is 11.5. The highest BCUT2D eigenvalue weighted by molar-refractivity contribution is 7.89. The molecule has 1 atom stereocenters. The molecule has 1 aromatic heterocycles. The summed E-state index contributed by atoms with van der Waals surface area (Å²) >= 11 is 0. The summed E-state index contributed by atoms with van der Waals surface area (Å²) in [7, 11) is -3.80. The van der Waals surface area contributed by atoms with Gasteiger partial charge in [-0.3, -0.25) is 5.10 Å². The average molecular weight is 246 g/mol. The number of aromatic amines is 1. The minimum absolute atomic E-state index is 0.253. The van der Waals surface area contributed by atoms with Crippen LogP contribution >= 0.6 is 0 Å². The fourth-order valence-electron chi connectivity index (χ4n) is 1.69. The van der Waals surface area contributed by atoms with Gasteiger partial charge in [-0.15, -0.1) is 5.10 Å². The van der Waals surface area contributed by atoms with Crippen molar-refractivity contribution in [2.24, 2.45) is 5.14 Å². The molecular formula is C8H14N4O3S. The Kier molecular flexibility index (Phi) is 3.22. The number of hydrogen-bond acceptors (Lipinski definition) is 5. The van der Waals surface area contributed by atoms with Crippen LogP contribution in [0.1, 0.15) is 25.1 Å². The predicted molar refractivity (Wildman–Crippen MR) is 55.1 cm³/mol. The van der Waals surface area contributed by atoms with Gasteiger partial charge in [0.1, 0.15) is 5.82 Å². The van der Waals surface area contributed by atoms with Gasteiger partial charge in [0.15, 0.2) is 0 Å². The third-order valence-electron chi connectivity index (χ3n) is 2.49. The molecular weight excluding hydrogens is 232 g/mol. The van der Waals surface area contributed by atoms with Crippen LogP contribution in [-0.4, -0.2) is 36.3 Å². The topological polar surface area (TPSA) is 111 Å². The standard InChI is InChI=1S/C8H14N4O3S/c9-16(13,14)8-10-7(11-12-8)4-3-6-2-1-5-15-6/h6H,1-5H2,(H2,9,13,14)(H,10,11,12). The number of nitrogens with one attached hydrogen (secondary N) is 1. The lowest BCUT2D eigenvalue weighted by molar-refractivity contribution is 0.104. The van der Waals surface area contributed by atoms with Crippen molar-refractivity contribution in [3.8, 4) is 0 Å². The molecule has 0 aliphatic carbocycles. The first-order valence-electron chi connectivity index (χ1n) is 5.11. The maximum Gasteiger partial charge on any atom is 0.282 e. The number of aromatic nitrogens is 3. The van der Waals surface area contributed by atoms with Crippen molar-refractivity contribution < 1.29 is 13.2 Å². The maximum atomic E-state index is 10.9. The van der Waals surface area contributed by atoms with Gasteiger partial charge in [-0.05, 0) is 19.3 Å². The molecule has 1 aliphatic rings. The van der Waals surface area contributed by atoms with E-state index in [0.29, 0.717) is 12.2 Å². The van der Waals surface area contributed by atoms with Crippen molar-refractivity contribution in [1.82, 2.24) is 15.2 Å². The van der Waals surface area contributed by atoms with Gasteiger partial charge in [0, 0.05) is 13.0 Å². The molecule has 2 rings (SSSR count). The van der Waals surface area contributed by atoms with Crippen molar-refractivity contribution >= 4 is 10.0 Å². The van der Waals surface area contributed by atoms with Crippen molar-refractivity contribution in [2.75, 3.05) is 6.61 Å². The van der Waals surface area contributed by atoms with Crippen LogP contribution in [-0.2, 0) is 21.2 Å². The van der Waals surface area contributed by atoms with Crippen LogP contribution < -0.4 is 5.14 Å². The summed E-state index contributed by atoms with van der Waals surface area (Å²) in [6, 6.07) is 0. The van der Waals surface area contributed by atoms with E-state index in [1.54, 1.807) is 0 Å². The molecule has 3 N–H and O–H groups in total. The van der Waals surface area contributed by atoms with Gasteiger partial charge in [-0.25, -0.2) is 18.5 Å². The van der Waals surface area contributed by atoms with Gasteiger partial charge in [0.05, 0.1) is 6.10 Å². The summed E-state index contributed by atoms with van der Waals surface area (Å²) in [4.78, 5) is 3.81. The lowest BCUT2D eigenvalue weighted by Crippen LogP contribution is -2.14. The van der Waals surface area contributed by atoms with Gasteiger partial charge in [-0.2, -0.15) is 0 Å². The van der Waals surface area contributed by atoms with E-state index in [1.807, 2.05) is 0 Å². The number of ether oxygens (including phenoxy) is 1. The molecule has 1 unspecified atom stereocenters. The second-order valence-corrected chi connectivity index (χ2v) is 5.24. The van der Waals surface area contributed by atoms with Crippen LogP contribution in [0.5, 0.6) is 0 Å². The van der Waals surface area contributed by atoms with Crippen LogP contribution in [0.3, 0.4) is 0 Å². The molecule has 90 valence electrons. The summed E-state index contributed by atoms with van der Waals surface area (Å²) in [5.74, 6) is 0.527. The smallest absolute Gasteiger partial charge is 0.282 e. The normalized spacial score (nSPS) is 21.4. The van der Waals surface area contributed by atoms with Gasteiger partial charge in [-0.1, -0.05) is 0 Å². The van der Waals surface area contributed by atoms with Crippen molar-refractivity contribution in [1.29, 1.82) is 0 Å². The number of nitrogens with two attached hydrogens (primary N) is 1. The zero-order valence-corrected chi connectivity index (χ0v) is 9.53. The third kappa shape index (κ3) is 2.77. The summed E-state index contributed by atoms with van der Waals surface area (Å²) in [6.07, 6.45) is 3.83. The molecule has 1 aliphatic heterocycles. The molecule has 0 saturated carbocycles. The maximum absolute atomic E-state index is 10.9. The van der Waals surface area contributed by atoms with Crippen LogP contribution in [0.25, 0.3) is 0 Å². The Bertz CT molecular complexity index is 450. The molecule has 8 heteroatoms. The molecule has 7 nitrogen and oxygen atoms in total. The largest absolute Gasteiger partial charge is 0.378 e. The highest BCUT2D eigenvalue weighted by atomic mass is 32.2. The number of nitrogens with zero attached hydrogens (tertiary/aromatic N) is 2. The summed E-state index contributed by atoms with van der Waals surface area (Å²) in [5.41, 5.74) is 0. The molecule has 1 saturated heterocycles. The first-order chi connectivity index (χ1) is 7.55. The Hall–Kier alpha value is -0.990. The summed E-state index contributed by atoms with van der Waals surface area (Å²) in [5, 5.41) is 10.6. The zero-order chi connectivity index (χ0) is 11.6. The average Bonchev–Trinajstić information content (AvgIpc) is 2.85. The molecule has 0 radical (unpaired) electrons. The number of primary sulfonamides is 1. The van der Waals surface area contributed by atoms with Crippen LogP contribution in [0, 0.1) is 0 Å². The molecule has 0 bridgehead atoms. The molecule has 0 spiro atoms. The Labute approximate surface area is 93.4 Å². The van der Waals surface area contributed by atoms with E-state index in [1.165, 1.54) is 0 Å². The van der Waals surface area contributed by atoms with E-state index in [2.05, 4.69) is 15.2 Å². The number of hydrogen-bond donors (Lipinski definition) is 2. The molecule has 1 fully saturated rings. The number of rotatable bonds is 4. The van der Waals surface area contributed by atoms with Crippen molar-refractivity contribution in [3.63, 3.8) is 0 Å². The fraction of sp³-hybridized carbons (Fsp3) is 0.750. The van der Waals surface area contributed by atoms with Crippen LogP contribution in [0.4, 0.5) is 0 Å². The van der Waals surface area contributed by atoms with Gasteiger partial charge in [0.25, 0.3) is 15.2 Å². The highest BCUT2D eigenvalue weighted by Gasteiger charge is 2.18. The Morgan fingerprint density at radius 1 is 1.56 bits per heavy atom. The molecule has 0 aromatic carbocycles. The number of H-pyrrole nitrogens is 1. The van der Waals surface area contributed by atoms with Crippen molar-refractivity contribution in [2.45, 2.75) is 36.9 Å². The Balaban J connectivity index is 1.92. The van der Waals surface area contributed by atoms with E-state index < -0.39 is 10.0 Å². The minimum Gasteiger partial charge on any atom is -0.378 e. The van der Waals surface area contributed by atoms with E-state index >= 15 is 0 Å². The second kappa shape index (κ2) is 4.48. The van der Waals surface area contributed by atoms with Gasteiger partial charge >= 0.3 is 0 Å². The Morgan fingerprint density at radius 3 is 2.94 bits per heavy atom. The fourth-order valence-corrected chi connectivity index (χ4v) is 2.10. The van der Waals surface area contributed by atoms with Crippen LogP contribution in [0.15, 0.2) is 5.16 Å². The van der Waals surface area contributed by atoms with Crippen LogP contribution in [0.2, 0.25) is 0 Å². The van der Waals surface area contributed by atoms with Gasteiger partial charge < -0.3 is 4.74 Å². The van der Waals surface area contributed by atoms with E-state index in [-0.39, 0.29) is 11.3 Å². The van der Waals surface area contributed by atoms with Crippen molar-refractivity contribution in [3.05, 3.63) is 5.82 Å². The monoisotopic (exact) mass is 246 g/mol. The predicted octanol–water partition coefficient (Wildman–Crippen LogP) is -0.436. The molecule has 2 heterocycles. The lowest BCUT2D eigenvalue weighted by Gasteiger charge is -2.06. The molecule has 16 heavy (non-hydrogen) atoms. The van der Waals surface area contributed by atoms with E-state index in [0.717, 1.165) is 25.9 Å². The van der Waals surface area contributed by atoms with E-state index in [4.69, 9.17) is 9.88 Å².